The van der Waals surface area contributed by atoms with E-state index >= 15 is 0 Å². The topological polar surface area (TPSA) is 58.6 Å². The second-order valence-electron chi connectivity index (χ2n) is 6.23. The molecule has 1 heterocycles. The summed E-state index contributed by atoms with van der Waals surface area (Å²) in [6, 6.07) is 7.58. The van der Waals surface area contributed by atoms with Crippen LogP contribution < -0.4 is 5.32 Å². The van der Waals surface area contributed by atoms with Crippen molar-refractivity contribution >= 4 is 5.97 Å². The first-order valence-electron chi connectivity index (χ1n) is 7.72. The van der Waals surface area contributed by atoms with E-state index in [1.54, 1.807) is 18.2 Å². The van der Waals surface area contributed by atoms with E-state index < -0.39 is 5.97 Å². The number of aromatic carboxylic acids is 1. The fraction of sp³-hybridized carbons (Fsp3) is 0.588. The van der Waals surface area contributed by atoms with Gasteiger partial charge in [-0.2, -0.15) is 0 Å². The van der Waals surface area contributed by atoms with Crippen LogP contribution in [0.1, 0.15) is 49.0 Å². The summed E-state index contributed by atoms with van der Waals surface area (Å²) in [7, 11) is 0. The monoisotopic (exact) mass is 291 g/mol. The Labute approximate surface area is 126 Å². The van der Waals surface area contributed by atoms with E-state index in [4.69, 9.17) is 9.84 Å². The average molecular weight is 291 g/mol. The molecule has 116 valence electrons. The summed E-state index contributed by atoms with van der Waals surface area (Å²) in [6.45, 7) is 5.96. The minimum Gasteiger partial charge on any atom is -0.478 e. The molecule has 1 aliphatic rings. The Morgan fingerprint density at radius 2 is 2.29 bits per heavy atom. The molecule has 0 aromatic heterocycles. The molecule has 4 heteroatoms. The molecule has 0 amide bonds. The van der Waals surface area contributed by atoms with Gasteiger partial charge < -0.3 is 15.2 Å². The number of nitrogens with one attached hydrogen (secondary N) is 1. The molecule has 4 nitrogen and oxygen atoms in total. The number of carbonyl (C=O) groups is 1. The first-order valence-corrected chi connectivity index (χ1v) is 7.72. The zero-order valence-electron chi connectivity index (χ0n) is 12.8. The number of carboxylic acids is 1. The Balaban J connectivity index is 1.85. The molecule has 1 aliphatic heterocycles. The Morgan fingerprint density at radius 3 is 3.00 bits per heavy atom. The number of ether oxygens (including phenoxy) is 1. The van der Waals surface area contributed by atoms with Gasteiger partial charge in [0.05, 0.1) is 11.7 Å². The van der Waals surface area contributed by atoms with Gasteiger partial charge >= 0.3 is 5.97 Å². The Bertz CT molecular complexity index is 473. The third-order valence-corrected chi connectivity index (χ3v) is 3.87. The van der Waals surface area contributed by atoms with Crippen molar-refractivity contribution in [3.8, 4) is 0 Å². The van der Waals surface area contributed by atoms with Crippen LogP contribution in [-0.4, -0.2) is 29.8 Å². The van der Waals surface area contributed by atoms with Crippen molar-refractivity contribution < 1.29 is 14.6 Å². The van der Waals surface area contributed by atoms with E-state index in [2.05, 4.69) is 19.2 Å². The zero-order valence-corrected chi connectivity index (χ0v) is 12.8. The van der Waals surface area contributed by atoms with Gasteiger partial charge in [-0.3, -0.25) is 0 Å². The average Bonchev–Trinajstić information content (AvgIpc) is 2.45. The summed E-state index contributed by atoms with van der Waals surface area (Å²) in [5.41, 5.74) is 1.36. The van der Waals surface area contributed by atoms with Gasteiger partial charge in [0.2, 0.25) is 0 Å². The number of rotatable bonds is 6. The van der Waals surface area contributed by atoms with Crippen molar-refractivity contribution in [2.24, 2.45) is 5.92 Å². The molecule has 1 aromatic rings. The quantitative estimate of drug-likeness (QED) is 0.845. The van der Waals surface area contributed by atoms with E-state index in [1.807, 2.05) is 6.07 Å². The van der Waals surface area contributed by atoms with Crippen LogP contribution in [0.5, 0.6) is 0 Å². The molecular formula is C17H25NO3. The zero-order chi connectivity index (χ0) is 15.2. The van der Waals surface area contributed by atoms with E-state index in [0.29, 0.717) is 30.2 Å². The Kier molecular flexibility index (Phi) is 5.76. The van der Waals surface area contributed by atoms with E-state index in [1.165, 1.54) is 0 Å². The number of hydrogen-bond acceptors (Lipinski definition) is 3. The largest absolute Gasteiger partial charge is 0.478 e. The van der Waals surface area contributed by atoms with Crippen molar-refractivity contribution in [2.75, 3.05) is 6.61 Å². The molecular weight excluding hydrogens is 266 g/mol. The van der Waals surface area contributed by atoms with Gasteiger partial charge in [-0.25, -0.2) is 4.79 Å². The molecule has 0 radical (unpaired) electrons. The van der Waals surface area contributed by atoms with Crippen LogP contribution >= 0.6 is 0 Å². The summed E-state index contributed by atoms with van der Waals surface area (Å²) in [4.78, 5) is 11.0. The van der Waals surface area contributed by atoms with Gasteiger partial charge in [0.15, 0.2) is 0 Å². The maximum atomic E-state index is 11.0. The van der Waals surface area contributed by atoms with Crippen molar-refractivity contribution in [2.45, 2.75) is 51.8 Å². The van der Waals surface area contributed by atoms with E-state index in [0.717, 1.165) is 31.4 Å². The standard InChI is InChI=1S/C17H25NO3/c1-12(2)8-16-10-15(6-7-21-16)18-11-13-4-3-5-14(9-13)17(19)20/h3-5,9,12,15-16,18H,6-8,10-11H2,1-2H3,(H,19,20). The molecule has 0 spiro atoms. The summed E-state index contributed by atoms with van der Waals surface area (Å²) in [5.74, 6) is -0.221. The molecule has 2 rings (SSSR count). The van der Waals surface area contributed by atoms with E-state index in [9.17, 15) is 4.79 Å². The molecule has 0 bridgehead atoms. The van der Waals surface area contributed by atoms with Gasteiger partial charge in [-0.15, -0.1) is 0 Å². The van der Waals surface area contributed by atoms with Crippen LogP contribution in [0.15, 0.2) is 24.3 Å². The minimum atomic E-state index is -0.875. The molecule has 2 unspecified atom stereocenters. The Hall–Kier alpha value is -1.39. The minimum absolute atomic E-state index is 0.346. The van der Waals surface area contributed by atoms with Gasteiger partial charge in [-0.1, -0.05) is 26.0 Å². The van der Waals surface area contributed by atoms with Gasteiger partial charge in [0, 0.05) is 19.2 Å². The van der Waals surface area contributed by atoms with Crippen LogP contribution in [-0.2, 0) is 11.3 Å². The number of hydrogen-bond donors (Lipinski definition) is 2. The SMILES string of the molecule is CC(C)CC1CC(NCc2cccc(C(=O)O)c2)CCO1. The highest BCUT2D eigenvalue weighted by atomic mass is 16.5. The molecule has 1 fully saturated rings. The fourth-order valence-corrected chi connectivity index (χ4v) is 2.83. The maximum Gasteiger partial charge on any atom is 0.335 e. The van der Waals surface area contributed by atoms with E-state index in [-0.39, 0.29) is 0 Å². The van der Waals surface area contributed by atoms with Crippen LogP contribution in [0.4, 0.5) is 0 Å². The lowest BCUT2D eigenvalue weighted by molar-refractivity contribution is -0.00957. The van der Waals surface area contributed by atoms with Gasteiger partial charge in [0.25, 0.3) is 0 Å². The molecule has 2 atom stereocenters. The van der Waals surface area contributed by atoms with Gasteiger partial charge in [-0.05, 0) is 42.9 Å². The predicted octanol–water partition coefficient (Wildman–Crippen LogP) is 3.07. The lowest BCUT2D eigenvalue weighted by Crippen LogP contribution is -2.39. The summed E-state index contributed by atoms with van der Waals surface area (Å²) in [6.07, 6.45) is 3.51. The number of carboxylic acid groups (broad SMARTS) is 1. The van der Waals surface area contributed by atoms with Crippen molar-refractivity contribution in [1.82, 2.24) is 5.32 Å². The number of benzene rings is 1. The second-order valence-corrected chi connectivity index (χ2v) is 6.23. The maximum absolute atomic E-state index is 11.0. The third-order valence-electron chi connectivity index (χ3n) is 3.87. The van der Waals surface area contributed by atoms with Crippen molar-refractivity contribution in [3.05, 3.63) is 35.4 Å². The normalized spacial score (nSPS) is 22.4. The highest BCUT2D eigenvalue weighted by Crippen LogP contribution is 2.20. The van der Waals surface area contributed by atoms with Crippen LogP contribution in [0.2, 0.25) is 0 Å². The first-order chi connectivity index (χ1) is 10.0. The second kappa shape index (κ2) is 7.57. The molecule has 0 aliphatic carbocycles. The molecule has 0 saturated carbocycles. The predicted molar refractivity (Wildman–Crippen MR) is 82.5 cm³/mol. The fourth-order valence-electron chi connectivity index (χ4n) is 2.83. The Morgan fingerprint density at radius 1 is 1.48 bits per heavy atom. The summed E-state index contributed by atoms with van der Waals surface area (Å²) >= 11 is 0. The molecule has 1 aromatic carbocycles. The third kappa shape index (κ3) is 5.14. The van der Waals surface area contributed by atoms with Crippen LogP contribution in [0.3, 0.4) is 0 Å². The van der Waals surface area contributed by atoms with Crippen LogP contribution in [0.25, 0.3) is 0 Å². The summed E-state index contributed by atoms with van der Waals surface area (Å²) in [5, 5.41) is 12.5. The smallest absolute Gasteiger partial charge is 0.335 e. The van der Waals surface area contributed by atoms with Crippen molar-refractivity contribution in [3.63, 3.8) is 0 Å². The molecule has 21 heavy (non-hydrogen) atoms. The lowest BCUT2D eigenvalue weighted by Gasteiger charge is -2.31. The first kappa shape index (κ1) is 16.0. The molecule has 2 N–H and O–H groups in total. The van der Waals surface area contributed by atoms with Crippen LogP contribution in [0, 0.1) is 5.92 Å². The van der Waals surface area contributed by atoms with Crippen molar-refractivity contribution in [1.29, 1.82) is 0 Å². The summed E-state index contributed by atoms with van der Waals surface area (Å²) < 4.78 is 5.80. The molecule has 1 saturated heterocycles. The highest BCUT2D eigenvalue weighted by molar-refractivity contribution is 5.87. The lowest BCUT2D eigenvalue weighted by atomic mass is 9.96. The highest BCUT2D eigenvalue weighted by Gasteiger charge is 2.22. The van der Waals surface area contributed by atoms with Gasteiger partial charge in [0.1, 0.15) is 0 Å².